The lowest BCUT2D eigenvalue weighted by atomic mass is 9.73. The molecule has 0 bridgehead atoms. The molecule has 4 aromatic rings. The Morgan fingerprint density at radius 1 is 0.600 bits per heavy atom. The van der Waals surface area contributed by atoms with Crippen molar-refractivity contribution in [1.82, 2.24) is 0 Å². The minimum absolute atomic E-state index is 0.360. The molecule has 0 N–H and O–H groups in total. The first-order valence-corrected chi connectivity index (χ1v) is 9.22. The second kappa shape index (κ2) is 4.32. The van der Waals surface area contributed by atoms with Crippen LogP contribution in [-0.2, 0) is 12.8 Å². The van der Waals surface area contributed by atoms with Crippen LogP contribution in [0.1, 0.15) is 25.0 Å². The summed E-state index contributed by atoms with van der Waals surface area (Å²) >= 11 is 0. The fraction of sp³-hybridized carbons (Fsp3) is 0.200. The fourth-order valence-electron chi connectivity index (χ4n) is 5.17. The van der Waals surface area contributed by atoms with E-state index in [1.807, 2.05) is 0 Å². The van der Waals surface area contributed by atoms with E-state index in [-0.39, 0.29) is 0 Å². The summed E-state index contributed by atoms with van der Waals surface area (Å²) in [5, 5.41) is 5.70. The predicted octanol–water partition coefficient (Wildman–Crippen LogP) is 6.77. The number of rotatable bonds is 0. The van der Waals surface area contributed by atoms with Gasteiger partial charge in [-0.05, 0) is 85.3 Å². The Balaban J connectivity index is 1.75. The van der Waals surface area contributed by atoms with Crippen molar-refractivity contribution in [3.05, 3.63) is 71.8 Å². The number of hydrogen-bond donors (Lipinski definition) is 0. The van der Waals surface area contributed by atoms with E-state index in [1.54, 1.807) is 0 Å². The highest BCUT2D eigenvalue weighted by atomic mass is 14.3. The molecule has 0 unspecified atom stereocenters. The van der Waals surface area contributed by atoms with E-state index in [2.05, 4.69) is 74.5 Å². The molecular weight excluding hydrogens is 300 g/mol. The Kier molecular flexibility index (Phi) is 2.36. The summed E-state index contributed by atoms with van der Waals surface area (Å²) in [7, 11) is 0. The molecule has 2 aliphatic rings. The van der Waals surface area contributed by atoms with Crippen LogP contribution in [0.5, 0.6) is 0 Å². The summed E-state index contributed by atoms with van der Waals surface area (Å²) in [4.78, 5) is 0. The number of hydrogen-bond acceptors (Lipinski definition) is 0. The van der Waals surface area contributed by atoms with E-state index in [0.717, 1.165) is 0 Å². The molecule has 0 saturated carbocycles. The smallest absolute Gasteiger partial charge is 0.00208 e. The molecule has 0 nitrogen and oxygen atoms in total. The molecule has 0 heteroatoms. The normalized spacial score (nSPS) is 16.4. The summed E-state index contributed by atoms with van der Waals surface area (Å²) in [6, 6.07) is 23.0. The van der Waals surface area contributed by atoms with Crippen molar-refractivity contribution in [3.63, 3.8) is 0 Å². The highest BCUT2D eigenvalue weighted by Gasteiger charge is 2.31. The largest absolute Gasteiger partial charge is 0.0616 e. The van der Waals surface area contributed by atoms with E-state index in [1.165, 1.54) is 67.8 Å². The lowest BCUT2D eigenvalue weighted by Gasteiger charge is -2.32. The maximum Gasteiger partial charge on any atom is -0.00208 e. The maximum atomic E-state index is 2.39. The van der Waals surface area contributed by atoms with E-state index < -0.39 is 0 Å². The maximum absolute atomic E-state index is 2.39. The molecule has 25 heavy (non-hydrogen) atoms. The van der Waals surface area contributed by atoms with Crippen molar-refractivity contribution in [2.24, 2.45) is 5.41 Å². The van der Waals surface area contributed by atoms with Crippen LogP contribution in [0.25, 0.3) is 43.8 Å². The van der Waals surface area contributed by atoms with Crippen molar-refractivity contribution in [3.8, 4) is 22.3 Å². The van der Waals surface area contributed by atoms with Gasteiger partial charge in [0.25, 0.3) is 0 Å². The fourth-order valence-corrected chi connectivity index (χ4v) is 5.17. The van der Waals surface area contributed by atoms with E-state index in [9.17, 15) is 0 Å². The van der Waals surface area contributed by atoms with Crippen molar-refractivity contribution in [2.45, 2.75) is 26.7 Å². The Labute approximate surface area is 148 Å². The molecule has 0 aliphatic heterocycles. The van der Waals surface area contributed by atoms with Gasteiger partial charge in [-0.2, -0.15) is 0 Å². The van der Waals surface area contributed by atoms with Crippen molar-refractivity contribution < 1.29 is 0 Å². The van der Waals surface area contributed by atoms with Crippen molar-refractivity contribution >= 4 is 21.5 Å². The average molecular weight is 320 g/mol. The molecule has 0 spiro atoms. The standard InChI is InChI=1S/C25H20/c1-25(2)13-17-7-9-19-21-11-15-5-3-4-6-16(15)12-22(21)20-10-8-18(14-25)23(17)24(19)20/h3-12H,13-14H2,1-2H3. The molecule has 6 rings (SSSR count). The zero-order valence-corrected chi connectivity index (χ0v) is 14.7. The Hall–Kier alpha value is -2.60. The van der Waals surface area contributed by atoms with Gasteiger partial charge in [-0.3, -0.25) is 0 Å². The minimum atomic E-state index is 0.360. The van der Waals surface area contributed by atoms with E-state index in [0.29, 0.717) is 5.41 Å². The zero-order chi connectivity index (χ0) is 16.8. The van der Waals surface area contributed by atoms with Gasteiger partial charge in [0.2, 0.25) is 0 Å². The third kappa shape index (κ3) is 1.72. The minimum Gasteiger partial charge on any atom is -0.0616 e. The monoisotopic (exact) mass is 320 g/mol. The summed E-state index contributed by atoms with van der Waals surface area (Å²) in [5.41, 5.74) is 9.09. The number of fused-ring (bicyclic) bond motifs is 4. The van der Waals surface area contributed by atoms with Gasteiger partial charge in [-0.1, -0.05) is 62.4 Å². The average Bonchev–Trinajstić information content (AvgIpc) is 2.90. The molecule has 120 valence electrons. The summed E-state index contributed by atoms with van der Waals surface area (Å²) in [6.07, 6.45) is 2.36. The van der Waals surface area contributed by atoms with Gasteiger partial charge >= 0.3 is 0 Å². The van der Waals surface area contributed by atoms with Crippen LogP contribution < -0.4 is 0 Å². The van der Waals surface area contributed by atoms with Crippen LogP contribution >= 0.6 is 0 Å². The zero-order valence-electron chi connectivity index (χ0n) is 14.7. The number of benzene rings is 4. The Morgan fingerprint density at radius 3 is 1.64 bits per heavy atom. The quantitative estimate of drug-likeness (QED) is 0.295. The van der Waals surface area contributed by atoms with Crippen LogP contribution in [0.4, 0.5) is 0 Å². The molecule has 0 fully saturated rings. The van der Waals surface area contributed by atoms with Gasteiger partial charge in [0.05, 0.1) is 0 Å². The third-order valence-electron chi connectivity index (χ3n) is 6.14. The molecule has 4 aromatic carbocycles. The summed E-state index contributed by atoms with van der Waals surface area (Å²) in [5.74, 6) is 0. The van der Waals surface area contributed by atoms with E-state index >= 15 is 0 Å². The van der Waals surface area contributed by atoms with Gasteiger partial charge in [0, 0.05) is 0 Å². The molecule has 0 amide bonds. The van der Waals surface area contributed by atoms with Crippen LogP contribution in [0.3, 0.4) is 0 Å². The molecule has 0 saturated heterocycles. The van der Waals surface area contributed by atoms with Crippen LogP contribution in [0, 0.1) is 5.41 Å². The van der Waals surface area contributed by atoms with Gasteiger partial charge in [-0.25, -0.2) is 0 Å². The molecular formula is C25H20. The first kappa shape index (κ1) is 13.7. The van der Waals surface area contributed by atoms with Crippen molar-refractivity contribution in [2.75, 3.05) is 0 Å². The Bertz CT molecular complexity index is 1120. The van der Waals surface area contributed by atoms with Gasteiger partial charge < -0.3 is 0 Å². The predicted molar refractivity (Wildman–Crippen MR) is 107 cm³/mol. The van der Waals surface area contributed by atoms with Crippen molar-refractivity contribution in [1.29, 1.82) is 0 Å². The molecule has 0 radical (unpaired) electrons. The second-order valence-corrected chi connectivity index (χ2v) is 8.56. The lowest BCUT2D eigenvalue weighted by molar-refractivity contribution is 0.356. The highest BCUT2D eigenvalue weighted by Crippen LogP contribution is 2.52. The third-order valence-corrected chi connectivity index (χ3v) is 6.14. The SMILES string of the molecule is CC1(C)Cc2ccc3c4c(ccc(c24)C1)-c1cc2ccccc2cc1-3. The van der Waals surface area contributed by atoms with Crippen LogP contribution in [-0.4, -0.2) is 0 Å². The molecule has 2 aliphatic carbocycles. The first-order valence-electron chi connectivity index (χ1n) is 9.22. The molecule has 0 heterocycles. The Morgan fingerprint density at radius 2 is 1.12 bits per heavy atom. The topological polar surface area (TPSA) is 0 Å². The van der Waals surface area contributed by atoms with Gasteiger partial charge in [0.15, 0.2) is 0 Å². The van der Waals surface area contributed by atoms with Gasteiger partial charge in [0.1, 0.15) is 0 Å². The highest BCUT2D eigenvalue weighted by molar-refractivity contribution is 6.18. The van der Waals surface area contributed by atoms with E-state index in [4.69, 9.17) is 0 Å². The molecule has 0 atom stereocenters. The van der Waals surface area contributed by atoms with Crippen LogP contribution in [0.15, 0.2) is 60.7 Å². The summed E-state index contributed by atoms with van der Waals surface area (Å²) in [6.45, 7) is 4.79. The van der Waals surface area contributed by atoms with Gasteiger partial charge in [-0.15, -0.1) is 0 Å². The summed E-state index contributed by atoms with van der Waals surface area (Å²) < 4.78 is 0. The lowest BCUT2D eigenvalue weighted by Crippen LogP contribution is -2.22. The first-order chi connectivity index (χ1) is 12.1. The molecule has 0 aromatic heterocycles. The van der Waals surface area contributed by atoms with Crippen LogP contribution in [0.2, 0.25) is 0 Å². The second-order valence-electron chi connectivity index (χ2n) is 8.56.